The van der Waals surface area contributed by atoms with Crippen LogP contribution in [0, 0.1) is 0 Å². The second-order valence-electron chi connectivity index (χ2n) is 8.31. The molecule has 0 saturated heterocycles. The molecule has 36 heavy (non-hydrogen) atoms. The number of hydrogen-bond acceptors (Lipinski definition) is 5. The minimum atomic E-state index is -0.951. The Kier molecular flexibility index (Phi) is 7.35. The van der Waals surface area contributed by atoms with Gasteiger partial charge in [-0.1, -0.05) is 48.5 Å². The summed E-state index contributed by atoms with van der Waals surface area (Å²) in [5, 5.41) is 12.8. The topological polar surface area (TPSA) is 84.9 Å². The first kappa shape index (κ1) is 24.5. The number of rotatable bonds is 9. The predicted molar refractivity (Wildman–Crippen MR) is 141 cm³/mol. The quantitative estimate of drug-likeness (QED) is 0.262. The SMILES string of the molecule is COc1cc(-c2ccc(Nc3ccccc3C(C)=O)c(OC)c2)ccc1Cc1ccccc1C(=O)O. The van der Waals surface area contributed by atoms with Crippen molar-refractivity contribution in [2.24, 2.45) is 0 Å². The third-order valence-electron chi connectivity index (χ3n) is 6.03. The number of methoxy groups -OCH3 is 2. The lowest BCUT2D eigenvalue weighted by atomic mass is 9.96. The highest BCUT2D eigenvalue weighted by molar-refractivity contribution is 6.00. The minimum Gasteiger partial charge on any atom is -0.496 e. The molecule has 0 unspecified atom stereocenters. The van der Waals surface area contributed by atoms with Gasteiger partial charge in [-0.2, -0.15) is 0 Å². The second-order valence-corrected chi connectivity index (χ2v) is 8.31. The van der Waals surface area contributed by atoms with Gasteiger partial charge in [-0.15, -0.1) is 0 Å². The van der Waals surface area contributed by atoms with Crippen molar-refractivity contribution in [3.8, 4) is 22.6 Å². The van der Waals surface area contributed by atoms with E-state index in [1.54, 1.807) is 32.4 Å². The van der Waals surface area contributed by atoms with E-state index >= 15 is 0 Å². The number of hydrogen-bond donors (Lipinski definition) is 2. The minimum absolute atomic E-state index is 0.0214. The van der Waals surface area contributed by atoms with Crippen molar-refractivity contribution >= 4 is 23.1 Å². The molecular weight excluding hydrogens is 454 g/mol. The van der Waals surface area contributed by atoms with Crippen molar-refractivity contribution in [1.82, 2.24) is 0 Å². The van der Waals surface area contributed by atoms with E-state index in [1.807, 2.05) is 66.7 Å². The van der Waals surface area contributed by atoms with Gasteiger partial charge in [-0.3, -0.25) is 4.79 Å². The molecule has 0 amide bonds. The fourth-order valence-corrected chi connectivity index (χ4v) is 4.18. The van der Waals surface area contributed by atoms with Gasteiger partial charge in [0.05, 0.1) is 25.5 Å². The summed E-state index contributed by atoms with van der Waals surface area (Å²) >= 11 is 0. The number of carboxylic acid groups (broad SMARTS) is 1. The van der Waals surface area contributed by atoms with Crippen molar-refractivity contribution < 1.29 is 24.2 Å². The third-order valence-corrected chi connectivity index (χ3v) is 6.03. The number of carbonyl (C=O) groups excluding carboxylic acids is 1. The van der Waals surface area contributed by atoms with Gasteiger partial charge in [-0.05, 0) is 65.6 Å². The number of carbonyl (C=O) groups is 2. The summed E-state index contributed by atoms with van der Waals surface area (Å²) in [7, 11) is 3.20. The molecule has 0 bridgehead atoms. The maximum atomic E-state index is 12.0. The van der Waals surface area contributed by atoms with Crippen LogP contribution < -0.4 is 14.8 Å². The standard InChI is InChI=1S/C30H27NO5/c1-19(32)24-9-6-7-11-26(24)31-27-15-14-21(18-29(27)36-3)20-12-13-23(28(17-20)35-2)16-22-8-4-5-10-25(22)30(33)34/h4-15,17-18,31H,16H2,1-3H3,(H,33,34). The monoisotopic (exact) mass is 481 g/mol. The zero-order chi connectivity index (χ0) is 25.7. The Hall–Kier alpha value is -4.58. The molecule has 4 aromatic carbocycles. The van der Waals surface area contributed by atoms with Crippen LogP contribution in [0.25, 0.3) is 11.1 Å². The number of Topliss-reactive ketones (excluding diaryl/α,β-unsaturated/α-hetero) is 1. The molecule has 0 aliphatic carbocycles. The molecule has 0 spiro atoms. The number of carboxylic acids is 1. The van der Waals surface area contributed by atoms with Crippen LogP contribution in [-0.4, -0.2) is 31.1 Å². The second kappa shape index (κ2) is 10.8. The van der Waals surface area contributed by atoms with Crippen LogP contribution in [0.5, 0.6) is 11.5 Å². The van der Waals surface area contributed by atoms with Crippen LogP contribution in [0.1, 0.15) is 38.8 Å². The number of anilines is 2. The van der Waals surface area contributed by atoms with Gasteiger partial charge < -0.3 is 19.9 Å². The summed E-state index contributed by atoms with van der Waals surface area (Å²) < 4.78 is 11.3. The van der Waals surface area contributed by atoms with Crippen LogP contribution >= 0.6 is 0 Å². The molecule has 0 aromatic heterocycles. The van der Waals surface area contributed by atoms with Crippen molar-refractivity contribution in [1.29, 1.82) is 0 Å². The first-order valence-electron chi connectivity index (χ1n) is 11.4. The van der Waals surface area contributed by atoms with Crippen LogP contribution in [0.3, 0.4) is 0 Å². The third kappa shape index (κ3) is 5.23. The van der Waals surface area contributed by atoms with Gasteiger partial charge in [0.25, 0.3) is 0 Å². The van der Waals surface area contributed by atoms with E-state index in [-0.39, 0.29) is 11.3 Å². The zero-order valence-electron chi connectivity index (χ0n) is 20.4. The Balaban J connectivity index is 1.64. The van der Waals surface area contributed by atoms with E-state index in [0.29, 0.717) is 29.2 Å². The number of ketones is 1. The van der Waals surface area contributed by atoms with Crippen molar-refractivity contribution in [3.05, 3.63) is 107 Å². The zero-order valence-corrected chi connectivity index (χ0v) is 20.4. The van der Waals surface area contributed by atoms with Crippen molar-refractivity contribution in [3.63, 3.8) is 0 Å². The number of aromatic carboxylic acids is 1. The molecule has 0 fully saturated rings. The van der Waals surface area contributed by atoms with Crippen molar-refractivity contribution in [2.75, 3.05) is 19.5 Å². The molecule has 4 aromatic rings. The smallest absolute Gasteiger partial charge is 0.335 e. The molecule has 0 aliphatic heterocycles. The molecule has 0 atom stereocenters. The molecule has 0 radical (unpaired) electrons. The molecule has 0 saturated carbocycles. The maximum absolute atomic E-state index is 12.0. The van der Waals surface area contributed by atoms with E-state index in [0.717, 1.165) is 27.9 Å². The predicted octanol–water partition coefficient (Wildman–Crippen LogP) is 6.61. The van der Waals surface area contributed by atoms with Crippen molar-refractivity contribution in [2.45, 2.75) is 13.3 Å². The Morgan fingerprint density at radius 3 is 2.00 bits per heavy atom. The summed E-state index contributed by atoms with van der Waals surface area (Å²) in [5.41, 5.74) is 5.80. The molecule has 0 aliphatic rings. The highest BCUT2D eigenvalue weighted by Gasteiger charge is 2.14. The van der Waals surface area contributed by atoms with E-state index in [4.69, 9.17) is 9.47 Å². The summed E-state index contributed by atoms with van der Waals surface area (Å²) in [6.45, 7) is 1.54. The fourth-order valence-electron chi connectivity index (χ4n) is 4.18. The van der Waals surface area contributed by atoms with Crippen LogP contribution in [0.2, 0.25) is 0 Å². The first-order chi connectivity index (χ1) is 17.4. The number of ether oxygens (including phenoxy) is 2. The fraction of sp³-hybridized carbons (Fsp3) is 0.133. The highest BCUT2D eigenvalue weighted by Crippen LogP contribution is 2.36. The molecule has 0 heterocycles. The van der Waals surface area contributed by atoms with Gasteiger partial charge in [0.2, 0.25) is 0 Å². The Bertz CT molecular complexity index is 1320. The van der Waals surface area contributed by atoms with Gasteiger partial charge in [0, 0.05) is 17.7 Å². The number of benzene rings is 4. The van der Waals surface area contributed by atoms with Gasteiger partial charge in [0.15, 0.2) is 5.78 Å². The Labute approximate surface area is 210 Å². The normalized spacial score (nSPS) is 10.5. The molecule has 6 heteroatoms. The van der Waals surface area contributed by atoms with Crippen LogP contribution in [0.15, 0.2) is 84.9 Å². The lowest BCUT2D eigenvalue weighted by molar-refractivity contribution is 0.0695. The van der Waals surface area contributed by atoms with Gasteiger partial charge in [-0.25, -0.2) is 4.79 Å². The van der Waals surface area contributed by atoms with Gasteiger partial charge >= 0.3 is 5.97 Å². The largest absolute Gasteiger partial charge is 0.496 e. The lowest BCUT2D eigenvalue weighted by Crippen LogP contribution is -2.03. The summed E-state index contributed by atoms with van der Waals surface area (Å²) in [4.78, 5) is 23.6. The average molecular weight is 482 g/mol. The summed E-state index contributed by atoms with van der Waals surface area (Å²) in [5.74, 6) is 0.327. The number of para-hydroxylation sites is 1. The number of nitrogens with one attached hydrogen (secondary N) is 1. The molecule has 182 valence electrons. The maximum Gasteiger partial charge on any atom is 0.335 e. The highest BCUT2D eigenvalue weighted by atomic mass is 16.5. The van der Waals surface area contributed by atoms with Crippen LogP contribution in [-0.2, 0) is 6.42 Å². The van der Waals surface area contributed by atoms with Gasteiger partial charge in [0.1, 0.15) is 11.5 Å². The lowest BCUT2D eigenvalue weighted by Gasteiger charge is -2.16. The Morgan fingerprint density at radius 1 is 0.722 bits per heavy atom. The first-order valence-corrected chi connectivity index (χ1v) is 11.4. The summed E-state index contributed by atoms with van der Waals surface area (Å²) in [6, 6.07) is 26.0. The van der Waals surface area contributed by atoms with E-state index in [1.165, 1.54) is 6.92 Å². The molecular formula is C30H27NO5. The van der Waals surface area contributed by atoms with E-state index in [9.17, 15) is 14.7 Å². The summed E-state index contributed by atoms with van der Waals surface area (Å²) in [6.07, 6.45) is 0.438. The molecule has 2 N–H and O–H groups in total. The Morgan fingerprint density at radius 2 is 1.33 bits per heavy atom. The molecule has 6 nitrogen and oxygen atoms in total. The molecule has 4 rings (SSSR count). The van der Waals surface area contributed by atoms with E-state index in [2.05, 4.69) is 5.32 Å². The average Bonchev–Trinajstić information content (AvgIpc) is 2.89. The van der Waals surface area contributed by atoms with E-state index < -0.39 is 5.97 Å². The van der Waals surface area contributed by atoms with Crippen LogP contribution in [0.4, 0.5) is 11.4 Å².